The molecule has 0 radical (unpaired) electrons. The molecule has 33 heavy (non-hydrogen) atoms. The molecule has 1 aliphatic heterocycles. The molecule has 1 atom stereocenters. The first kappa shape index (κ1) is 22.9. The van der Waals surface area contributed by atoms with Crippen LogP contribution < -0.4 is 10.6 Å². The first-order valence-corrected chi connectivity index (χ1v) is 10.9. The maximum Gasteiger partial charge on any atom is 0.272 e. The third-order valence-electron chi connectivity index (χ3n) is 5.33. The number of halogens is 2. The van der Waals surface area contributed by atoms with Crippen molar-refractivity contribution in [1.82, 2.24) is 24.8 Å². The van der Waals surface area contributed by atoms with Gasteiger partial charge in [-0.3, -0.25) is 9.36 Å². The van der Waals surface area contributed by atoms with E-state index in [1.54, 1.807) is 23.0 Å². The van der Waals surface area contributed by atoms with Gasteiger partial charge in [0.15, 0.2) is 0 Å². The number of hydrogen-bond donors (Lipinski definition) is 2. The number of carbonyl (C=O) groups is 1. The predicted octanol–water partition coefficient (Wildman–Crippen LogP) is 4.01. The fourth-order valence-corrected chi connectivity index (χ4v) is 3.82. The molecule has 0 aliphatic carbocycles. The van der Waals surface area contributed by atoms with E-state index in [9.17, 15) is 9.18 Å². The van der Waals surface area contributed by atoms with Gasteiger partial charge in [-0.15, -0.1) is 6.58 Å². The summed E-state index contributed by atoms with van der Waals surface area (Å²) in [5, 5.41) is 6.36. The van der Waals surface area contributed by atoms with Crippen molar-refractivity contribution in [2.24, 2.45) is 0 Å². The topological polar surface area (TPSA) is 94.0 Å². The first-order chi connectivity index (χ1) is 15.9. The lowest BCUT2D eigenvalue weighted by atomic mass is 10.1. The van der Waals surface area contributed by atoms with Crippen LogP contribution in [0.2, 0.25) is 5.02 Å². The third kappa shape index (κ3) is 5.55. The Morgan fingerprint density at radius 2 is 2.12 bits per heavy atom. The molecule has 8 nitrogen and oxygen atoms in total. The SMILES string of the molecule is C=C[C@@H](NC(=O)c1cn(-c2nc(NC3CCOCC3)ncc2C)cn1)c1cc(F)cc(Cl)c1. The number of nitrogens with zero attached hydrogens (tertiary/aromatic N) is 4. The molecule has 0 spiro atoms. The molecule has 1 aliphatic rings. The van der Waals surface area contributed by atoms with Crippen molar-refractivity contribution in [1.29, 1.82) is 0 Å². The van der Waals surface area contributed by atoms with E-state index in [2.05, 4.69) is 32.2 Å². The van der Waals surface area contributed by atoms with E-state index < -0.39 is 17.8 Å². The fourth-order valence-electron chi connectivity index (χ4n) is 3.59. The van der Waals surface area contributed by atoms with Gasteiger partial charge in [-0.2, -0.15) is 4.98 Å². The molecule has 172 valence electrons. The number of ether oxygens (including phenoxy) is 1. The molecule has 4 rings (SSSR count). The average molecular weight is 471 g/mol. The smallest absolute Gasteiger partial charge is 0.272 e. The van der Waals surface area contributed by atoms with Gasteiger partial charge in [0.05, 0.1) is 6.04 Å². The van der Waals surface area contributed by atoms with Crippen molar-refractivity contribution in [2.45, 2.75) is 31.8 Å². The molecule has 1 aromatic carbocycles. The molecular weight excluding hydrogens is 447 g/mol. The second kappa shape index (κ2) is 10.1. The predicted molar refractivity (Wildman–Crippen MR) is 123 cm³/mol. The zero-order chi connectivity index (χ0) is 23.4. The molecule has 0 saturated carbocycles. The summed E-state index contributed by atoms with van der Waals surface area (Å²) in [6.07, 6.45) is 8.12. The van der Waals surface area contributed by atoms with E-state index in [4.69, 9.17) is 16.3 Å². The zero-order valence-electron chi connectivity index (χ0n) is 18.1. The summed E-state index contributed by atoms with van der Waals surface area (Å²) < 4.78 is 20.8. The lowest BCUT2D eigenvalue weighted by Gasteiger charge is -2.23. The Bertz CT molecular complexity index is 1140. The molecule has 0 unspecified atom stereocenters. The summed E-state index contributed by atoms with van der Waals surface area (Å²) in [7, 11) is 0. The van der Waals surface area contributed by atoms with E-state index in [1.807, 2.05) is 6.92 Å². The number of aromatic nitrogens is 4. The van der Waals surface area contributed by atoms with Gasteiger partial charge in [-0.25, -0.2) is 14.4 Å². The van der Waals surface area contributed by atoms with Crippen LogP contribution in [0.1, 0.15) is 40.5 Å². The number of amides is 1. The van der Waals surface area contributed by atoms with Gasteiger partial charge in [0.2, 0.25) is 5.95 Å². The van der Waals surface area contributed by atoms with Crippen LogP contribution in [0, 0.1) is 12.7 Å². The van der Waals surface area contributed by atoms with Crippen LogP contribution in [-0.2, 0) is 4.74 Å². The number of anilines is 1. The van der Waals surface area contributed by atoms with Crippen LogP contribution in [0.15, 0.2) is 49.6 Å². The summed E-state index contributed by atoms with van der Waals surface area (Å²) in [6.45, 7) is 7.04. The van der Waals surface area contributed by atoms with Crippen LogP contribution in [0.3, 0.4) is 0 Å². The molecule has 1 saturated heterocycles. The summed E-state index contributed by atoms with van der Waals surface area (Å²) in [5.74, 6) is 0.193. The highest BCUT2D eigenvalue weighted by Gasteiger charge is 2.19. The highest BCUT2D eigenvalue weighted by atomic mass is 35.5. The van der Waals surface area contributed by atoms with Gasteiger partial charge >= 0.3 is 0 Å². The molecular formula is C23H24ClFN6O2. The van der Waals surface area contributed by atoms with Crippen molar-refractivity contribution in [2.75, 3.05) is 18.5 Å². The number of benzene rings is 1. The summed E-state index contributed by atoms with van der Waals surface area (Å²) in [6, 6.07) is 3.70. The quantitative estimate of drug-likeness (QED) is 0.507. The van der Waals surface area contributed by atoms with E-state index >= 15 is 0 Å². The third-order valence-corrected chi connectivity index (χ3v) is 5.54. The summed E-state index contributed by atoms with van der Waals surface area (Å²) >= 11 is 5.94. The Hall–Kier alpha value is -3.30. The van der Waals surface area contributed by atoms with E-state index in [0.29, 0.717) is 30.5 Å². The Balaban J connectivity index is 1.50. The largest absolute Gasteiger partial charge is 0.381 e. The number of nitrogens with one attached hydrogen (secondary N) is 2. The minimum absolute atomic E-state index is 0.182. The van der Waals surface area contributed by atoms with E-state index in [-0.39, 0.29) is 16.8 Å². The molecule has 2 aromatic heterocycles. The minimum Gasteiger partial charge on any atom is -0.381 e. The number of imidazole rings is 1. The van der Waals surface area contributed by atoms with Crippen molar-refractivity contribution in [3.8, 4) is 5.82 Å². The molecule has 1 fully saturated rings. The van der Waals surface area contributed by atoms with Gasteiger partial charge in [-0.1, -0.05) is 17.7 Å². The molecule has 0 bridgehead atoms. The van der Waals surface area contributed by atoms with Crippen molar-refractivity contribution >= 4 is 23.5 Å². The van der Waals surface area contributed by atoms with Crippen LogP contribution in [0.25, 0.3) is 5.82 Å². The second-order valence-electron chi connectivity index (χ2n) is 7.79. The molecule has 3 aromatic rings. The Kier molecular flexibility index (Phi) is 7.00. The van der Waals surface area contributed by atoms with E-state index in [0.717, 1.165) is 18.4 Å². The van der Waals surface area contributed by atoms with Gasteiger partial charge in [0.1, 0.15) is 23.7 Å². The van der Waals surface area contributed by atoms with Gasteiger partial charge < -0.3 is 15.4 Å². The molecule has 2 N–H and O–H groups in total. The van der Waals surface area contributed by atoms with Gasteiger partial charge in [-0.05, 0) is 43.5 Å². The highest BCUT2D eigenvalue weighted by Crippen LogP contribution is 2.22. The van der Waals surface area contributed by atoms with Gasteiger partial charge in [0, 0.05) is 42.2 Å². The van der Waals surface area contributed by atoms with Gasteiger partial charge in [0.25, 0.3) is 5.91 Å². The normalized spacial score (nSPS) is 15.1. The number of carbonyl (C=O) groups excluding carboxylic acids is 1. The van der Waals surface area contributed by atoms with Crippen LogP contribution in [-0.4, -0.2) is 44.7 Å². The second-order valence-corrected chi connectivity index (χ2v) is 8.22. The lowest BCUT2D eigenvalue weighted by Crippen LogP contribution is -2.28. The lowest BCUT2D eigenvalue weighted by molar-refractivity contribution is 0.0903. The Morgan fingerprint density at radius 1 is 1.33 bits per heavy atom. The zero-order valence-corrected chi connectivity index (χ0v) is 18.8. The van der Waals surface area contributed by atoms with Crippen LogP contribution in [0.4, 0.5) is 10.3 Å². The van der Waals surface area contributed by atoms with Crippen molar-refractivity contribution < 1.29 is 13.9 Å². The molecule has 10 heteroatoms. The van der Waals surface area contributed by atoms with Crippen molar-refractivity contribution in [3.63, 3.8) is 0 Å². The highest BCUT2D eigenvalue weighted by molar-refractivity contribution is 6.30. The number of aryl methyl sites for hydroxylation is 1. The van der Waals surface area contributed by atoms with Crippen molar-refractivity contribution in [3.05, 3.63) is 77.2 Å². The molecule has 3 heterocycles. The van der Waals surface area contributed by atoms with Crippen LogP contribution in [0.5, 0.6) is 0 Å². The average Bonchev–Trinajstić information content (AvgIpc) is 3.29. The Labute approximate surface area is 195 Å². The standard InChI is InChI=1S/C23H24ClFN6O2/c1-3-19(15-8-16(24)10-17(25)9-15)29-22(32)20-12-31(13-27-20)21-14(2)11-26-23(30-21)28-18-4-6-33-7-5-18/h3,8-13,18-19H,1,4-7H2,2H3,(H,29,32)(H,26,28,30)/t19-/m1/s1. The summed E-state index contributed by atoms with van der Waals surface area (Å²) in [5.41, 5.74) is 1.50. The Morgan fingerprint density at radius 3 is 2.85 bits per heavy atom. The summed E-state index contributed by atoms with van der Waals surface area (Å²) in [4.78, 5) is 26.0. The number of hydrogen-bond acceptors (Lipinski definition) is 6. The maximum atomic E-state index is 13.7. The fraction of sp³-hybridized carbons (Fsp3) is 0.304. The van der Waals surface area contributed by atoms with Crippen LogP contribution >= 0.6 is 11.6 Å². The van der Waals surface area contributed by atoms with E-state index in [1.165, 1.54) is 24.5 Å². The monoisotopic (exact) mass is 470 g/mol. The minimum atomic E-state index is -0.632. The number of rotatable bonds is 7. The molecule has 1 amide bonds. The maximum absolute atomic E-state index is 13.7. The first-order valence-electron chi connectivity index (χ1n) is 10.5.